The van der Waals surface area contributed by atoms with E-state index in [1.165, 1.54) is 0 Å². The van der Waals surface area contributed by atoms with Crippen LogP contribution < -0.4 is 5.63 Å². The summed E-state index contributed by atoms with van der Waals surface area (Å²) >= 11 is 0. The van der Waals surface area contributed by atoms with Crippen molar-refractivity contribution < 1.29 is 4.42 Å². The van der Waals surface area contributed by atoms with Crippen LogP contribution in [0.15, 0.2) is 57.9 Å². The number of aromatic nitrogens is 1. The molecule has 0 saturated carbocycles. The summed E-state index contributed by atoms with van der Waals surface area (Å²) in [6, 6.07) is 13.1. The third-order valence-corrected chi connectivity index (χ3v) is 2.83. The lowest BCUT2D eigenvalue weighted by Crippen LogP contribution is -2.03. The van der Waals surface area contributed by atoms with Crippen molar-refractivity contribution in [3.63, 3.8) is 0 Å². The van der Waals surface area contributed by atoms with E-state index < -0.39 is 0 Å². The molecule has 1 aromatic carbocycles. The van der Waals surface area contributed by atoms with Gasteiger partial charge in [0.25, 0.3) is 0 Å². The van der Waals surface area contributed by atoms with Crippen LogP contribution in [-0.2, 0) is 0 Å². The molecule has 0 atom stereocenters. The summed E-state index contributed by atoms with van der Waals surface area (Å²) in [5, 5.41) is 0.904. The molecule has 0 aliphatic heterocycles. The van der Waals surface area contributed by atoms with Gasteiger partial charge in [-0.15, -0.1) is 0 Å². The van der Waals surface area contributed by atoms with Gasteiger partial charge in [0.2, 0.25) is 0 Å². The molecule has 0 radical (unpaired) electrons. The molecular formula is C15H11NO2. The van der Waals surface area contributed by atoms with Crippen LogP contribution in [-0.4, -0.2) is 4.98 Å². The van der Waals surface area contributed by atoms with Gasteiger partial charge in [0.1, 0.15) is 5.58 Å². The number of nitrogens with zero attached hydrogens (tertiary/aromatic N) is 1. The lowest BCUT2D eigenvalue weighted by molar-refractivity contribution is 0.563. The Bertz CT molecular complexity index is 760. The van der Waals surface area contributed by atoms with Crippen molar-refractivity contribution in [3.8, 4) is 11.3 Å². The highest BCUT2D eigenvalue weighted by Gasteiger charge is 2.08. The van der Waals surface area contributed by atoms with Gasteiger partial charge in [-0.1, -0.05) is 18.2 Å². The van der Waals surface area contributed by atoms with E-state index in [2.05, 4.69) is 4.98 Å². The third kappa shape index (κ3) is 1.80. The van der Waals surface area contributed by atoms with Crippen molar-refractivity contribution in [1.82, 2.24) is 4.98 Å². The fraction of sp³-hybridized carbons (Fsp3) is 0.0667. The van der Waals surface area contributed by atoms with E-state index in [0.29, 0.717) is 16.8 Å². The number of pyridine rings is 1. The summed E-state index contributed by atoms with van der Waals surface area (Å²) in [6.07, 6.45) is 1.66. The predicted molar refractivity (Wildman–Crippen MR) is 70.5 cm³/mol. The average Bonchev–Trinajstić information content (AvgIpc) is 2.39. The average molecular weight is 237 g/mol. The zero-order valence-corrected chi connectivity index (χ0v) is 9.88. The van der Waals surface area contributed by atoms with Crippen molar-refractivity contribution >= 4 is 11.0 Å². The highest BCUT2D eigenvalue weighted by molar-refractivity contribution is 5.81. The number of aryl methyl sites for hydroxylation is 1. The SMILES string of the molecule is Cc1ccc2cc(-c3ccccn3)c(=O)oc2c1. The van der Waals surface area contributed by atoms with E-state index in [1.807, 2.05) is 43.3 Å². The van der Waals surface area contributed by atoms with Gasteiger partial charge in [0.05, 0.1) is 11.3 Å². The molecule has 0 bridgehead atoms. The third-order valence-electron chi connectivity index (χ3n) is 2.83. The van der Waals surface area contributed by atoms with Crippen molar-refractivity contribution in [3.05, 3.63) is 64.6 Å². The molecule has 3 rings (SSSR count). The summed E-state index contributed by atoms with van der Waals surface area (Å²) in [5.74, 6) is 0. The Hall–Kier alpha value is -2.42. The van der Waals surface area contributed by atoms with Crippen molar-refractivity contribution in [2.24, 2.45) is 0 Å². The Morgan fingerprint density at radius 1 is 1.11 bits per heavy atom. The van der Waals surface area contributed by atoms with E-state index in [-0.39, 0.29) is 5.63 Å². The summed E-state index contributed by atoms with van der Waals surface area (Å²) in [4.78, 5) is 16.1. The quantitative estimate of drug-likeness (QED) is 0.610. The normalized spacial score (nSPS) is 10.7. The first-order valence-corrected chi connectivity index (χ1v) is 5.70. The largest absolute Gasteiger partial charge is 0.422 e. The molecule has 2 aromatic heterocycles. The fourth-order valence-electron chi connectivity index (χ4n) is 1.92. The topological polar surface area (TPSA) is 43.1 Å². The zero-order chi connectivity index (χ0) is 12.5. The van der Waals surface area contributed by atoms with Gasteiger partial charge < -0.3 is 4.42 Å². The molecule has 3 nitrogen and oxygen atoms in total. The molecule has 0 unspecified atom stereocenters. The summed E-state index contributed by atoms with van der Waals surface area (Å²) in [7, 11) is 0. The summed E-state index contributed by atoms with van der Waals surface area (Å²) in [6.45, 7) is 1.96. The summed E-state index contributed by atoms with van der Waals surface area (Å²) < 4.78 is 5.33. The second-order valence-electron chi connectivity index (χ2n) is 4.20. The molecule has 0 saturated heterocycles. The molecule has 0 aliphatic carbocycles. The first kappa shape index (κ1) is 10.7. The molecule has 3 heteroatoms. The van der Waals surface area contributed by atoms with Crippen LogP contribution in [0, 0.1) is 6.92 Å². The molecule has 3 aromatic rings. The molecule has 18 heavy (non-hydrogen) atoms. The van der Waals surface area contributed by atoms with Gasteiger partial charge in [-0.2, -0.15) is 0 Å². The number of hydrogen-bond acceptors (Lipinski definition) is 3. The second kappa shape index (κ2) is 4.11. The molecular weight excluding hydrogens is 226 g/mol. The van der Waals surface area contributed by atoms with Gasteiger partial charge >= 0.3 is 5.63 Å². The van der Waals surface area contributed by atoms with Gasteiger partial charge in [0.15, 0.2) is 0 Å². The number of benzene rings is 1. The monoisotopic (exact) mass is 237 g/mol. The minimum Gasteiger partial charge on any atom is -0.422 e. The predicted octanol–water partition coefficient (Wildman–Crippen LogP) is 3.16. The van der Waals surface area contributed by atoms with Crippen LogP contribution in [0.4, 0.5) is 0 Å². The van der Waals surface area contributed by atoms with E-state index >= 15 is 0 Å². The Kier molecular flexibility index (Phi) is 2.45. The molecule has 88 valence electrons. The van der Waals surface area contributed by atoms with Gasteiger partial charge in [-0.25, -0.2) is 4.79 Å². The van der Waals surface area contributed by atoms with Crippen molar-refractivity contribution in [2.75, 3.05) is 0 Å². The van der Waals surface area contributed by atoms with Crippen LogP contribution >= 0.6 is 0 Å². The Labute approximate surface area is 104 Å². The summed E-state index contributed by atoms with van der Waals surface area (Å²) in [5.41, 5.74) is 2.45. The Morgan fingerprint density at radius 3 is 2.78 bits per heavy atom. The van der Waals surface area contributed by atoms with E-state index in [1.54, 1.807) is 12.3 Å². The minimum absolute atomic E-state index is 0.355. The molecule has 2 heterocycles. The van der Waals surface area contributed by atoms with Crippen LogP contribution in [0.3, 0.4) is 0 Å². The highest BCUT2D eigenvalue weighted by Crippen LogP contribution is 2.20. The molecule has 0 spiro atoms. The lowest BCUT2D eigenvalue weighted by atomic mass is 10.1. The first-order chi connectivity index (χ1) is 8.74. The molecule has 0 N–H and O–H groups in total. The number of hydrogen-bond donors (Lipinski definition) is 0. The van der Waals surface area contributed by atoms with Gasteiger partial charge in [-0.3, -0.25) is 4.98 Å². The van der Waals surface area contributed by atoms with Crippen LogP contribution in [0.25, 0.3) is 22.2 Å². The van der Waals surface area contributed by atoms with Crippen LogP contribution in [0.1, 0.15) is 5.56 Å². The smallest absolute Gasteiger partial charge is 0.345 e. The van der Waals surface area contributed by atoms with Gasteiger partial charge in [0, 0.05) is 11.6 Å². The first-order valence-electron chi connectivity index (χ1n) is 5.70. The van der Waals surface area contributed by atoms with E-state index in [9.17, 15) is 4.79 Å². The standard InChI is InChI=1S/C15H11NO2/c1-10-5-6-11-9-12(13-4-2-3-7-16-13)15(17)18-14(11)8-10/h2-9H,1H3. The highest BCUT2D eigenvalue weighted by atomic mass is 16.4. The zero-order valence-electron chi connectivity index (χ0n) is 9.88. The Morgan fingerprint density at radius 2 is 2.00 bits per heavy atom. The van der Waals surface area contributed by atoms with Gasteiger partial charge in [-0.05, 0) is 36.8 Å². The van der Waals surface area contributed by atoms with E-state index in [4.69, 9.17) is 4.42 Å². The Balaban J connectivity index is 2.29. The maximum Gasteiger partial charge on any atom is 0.345 e. The fourth-order valence-corrected chi connectivity index (χ4v) is 1.92. The lowest BCUT2D eigenvalue weighted by Gasteiger charge is -2.02. The van der Waals surface area contributed by atoms with Crippen LogP contribution in [0.2, 0.25) is 0 Å². The van der Waals surface area contributed by atoms with Crippen molar-refractivity contribution in [2.45, 2.75) is 6.92 Å². The number of rotatable bonds is 1. The van der Waals surface area contributed by atoms with E-state index in [0.717, 1.165) is 10.9 Å². The van der Waals surface area contributed by atoms with Crippen molar-refractivity contribution in [1.29, 1.82) is 0 Å². The maximum atomic E-state index is 11.9. The molecule has 0 aliphatic rings. The second-order valence-corrected chi connectivity index (χ2v) is 4.20. The molecule has 0 amide bonds. The van der Waals surface area contributed by atoms with Crippen LogP contribution in [0.5, 0.6) is 0 Å². The number of fused-ring (bicyclic) bond motifs is 1. The maximum absolute atomic E-state index is 11.9. The minimum atomic E-state index is -0.355. The molecule has 0 fully saturated rings.